The van der Waals surface area contributed by atoms with Gasteiger partial charge in [0.15, 0.2) is 5.78 Å². The van der Waals surface area contributed by atoms with Crippen LogP contribution in [0.25, 0.3) is 0 Å². The predicted octanol–water partition coefficient (Wildman–Crippen LogP) is 2.70. The predicted molar refractivity (Wildman–Crippen MR) is 61.8 cm³/mol. The number of carbonyl (C=O) groups is 1. The van der Waals surface area contributed by atoms with Crippen molar-refractivity contribution in [2.24, 2.45) is 0 Å². The fourth-order valence-electron chi connectivity index (χ4n) is 1.17. The largest absolute Gasteiger partial charge is 0.294 e. The minimum Gasteiger partial charge on any atom is -0.294 e. The van der Waals surface area contributed by atoms with Crippen molar-refractivity contribution in [2.75, 3.05) is 0 Å². The van der Waals surface area contributed by atoms with Gasteiger partial charge in [-0.1, -0.05) is 0 Å². The molecule has 0 saturated heterocycles. The maximum Gasteiger partial charge on any atom is 0.171 e. The molecule has 78 valence electrons. The Morgan fingerprint density at radius 3 is 2.80 bits per heavy atom. The topological polar surface area (TPSA) is 42.9 Å². The van der Waals surface area contributed by atoms with E-state index >= 15 is 0 Å². The van der Waals surface area contributed by atoms with Gasteiger partial charge in [0.05, 0.1) is 16.3 Å². The Balaban J connectivity index is 2.14. The van der Waals surface area contributed by atoms with Gasteiger partial charge in [-0.05, 0) is 6.92 Å². The van der Waals surface area contributed by atoms with Crippen LogP contribution in [0.15, 0.2) is 11.6 Å². The van der Waals surface area contributed by atoms with Crippen molar-refractivity contribution in [3.8, 4) is 0 Å². The summed E-state index contributed by atoms with van der Waals surface area (Å²) >= 11 is 3.08. The Morgan fingerprint density at radius 2 is 2.27 bits per heavy atom. The molecule has 0 N–H and O–H groups in total. The second-order valence-corrected chi connectivity index (χ2v) is 5.29. The molecular formula is C10H10N2OS2. The van der Waals surface area contributed by atoms with E-state index in [-0.39, 0.29) is 5.78 Å². The normalized spacial score (nSPS) is 10.5. The van der Waals surface area contributed by atoms with Crippen LogP contribution in [-0.4, -0.2) is 15.8 Å². The lowest BCUT2D eigenvalue weighted by Crippen LogP contribution is -1.85. The first kappa shape index (κ1) is 10.4. The summed E-state index contributed by atoms with van der Waals surface area (Å²) in [6, 6.07) is 0. The van der Waals surface area contributed by atoms with Crippen LogP contribution in [0.5, 0.6) is 0 Å². The summed E-state index contributed by atoms with van der Waals surface area (Å²) in [6.45, 7) is 3.54. The first-order chi connectivity index (χ1) is 7.15. The molecular weight excluding hydrogens is 228 g/mol. The van der Waals surface area contributed by atoms with Gasteiger partial charge < -0.3 is 0 Å². The zero-order valence-corrected chi connectivity index (χ0v) is 10.1. The number of thiazole rings is 2. The standard InChI is InChI=1S/C10H10N2OS2/c1-6-5-14-10(12-6)3-9-11-4-8(15-9)7(2)13/h4-5H,3H2,1-2H3. The molecule has 2 rings (SSSR count). The molecule has 0 aliphatic rings. The molecule has 0 bridgehead atoms. The molecule has 2 aromatic heterocycles. The van der Waals surface area contributed by atoms with Crippen molar-refractivity contribution in [3.63, 3.8) is 0 Å². The Bertz CT molecular complexity index is 487. The van der Waals surface area contributed by atoms with Gasteiger partial charge in [-0.25, -0.2) is 9.97 Å². The van der Waals surface area contributed by atoms with E-state index in [2.05, 4.69) is 9.97 Å². The van der Waals surface area contributed by atoms with Crippen LogP contribution in [0.2, 0.25) is 0 Å². The Hall–Kier alpha value is -1.07. The number of rotatable bonds is 3. The number of hydrogen-bond donors (Lipinski definition) is 0. The van der Waals surface area contributed by atoms with E-state index in [0.717, 1.165) is 27.0 Å². The van der Waals surface area contributed by atoms with Crippen LogP contribution < -0.4 is 0 Å². The Morgan fingerprint density at radius 1 is 1.47 bits per heavy atom. The summed E-state index contributed by atoms with van der Waals surface area (Å²) in [6.07, 6.45) is 2.37. The third-order valence-electron chi connectivity index (χ3n) is 1.87. The second-order valence-electron chi connectivity index (χ2n) is 3.23. The minimum atomic E-state index is 0.0778. The summed E-state index contributed by atoms with van der Waals surface area (Å²) in [5, 5.41) is 4.03. The summed E-state index contributed by atoms with van der Waals surface area (Å²) in [5.41, 5.74) is 1.04. The van der Waals surface area contributed by atoms with Crippen molar-refractivity contribution in [1.82, 2.24) is 9.97 Å². The van der Waals surface area contributed by atoms with Crippen molar-refractivity contribution < 1.29 is 4.79 Å². The fourth-order valence-corrected chi connectivity index (χ4v) is 2.85. The molecule has 0 unspecified atom stereocenters. The van der Waals surface area contributed by atoms with Gasteiger partial charge in [0.1, 0.15) is 5.01 Å². The van der Waals surface area contributed by atoms with E-state index < -0.39 is 0 Å². The molecule has 0 radical (unpaired) electrons. The van der Waals surface area contributed by atoms with Gasteiger partial charge in [0.25, 0.3) is 0 Å². The number of Topliss-reactive ketones (excluding diaryl/α,β-unsaturated/α-hetero) is 1. The zero-order valence-electron chi connectivity index (χ0n) is 8.48. The number of aryl methyl sites for hydroxylation is 1. The molecule has 0 aromatic carbocycles. The number of aromatic nitrogens is 2. The summed E-state index contributed by atoms with van der Waals surface area (Å²) in [7, 11) is 0. The average Bonchev–Trinajstić information content (AvgIpc) is 2.76. The van der Waals surface area contributed by atoms with Crippen LogP contribution in [0, 0.1) is 6.92 Å². The van der Waals surface area contributed by atoms with Crippen LogP contribution in [0.4, 0.5) is 0 Å². The smallest absolute Gasteiger partial charge is 0.171 e. The first-order valence-corrected chi connectivity index (χ1v) is 6.21. The zero-order chi connectivity index (χ0) is 10.8. The maximum absolute atomic E-state index is 11.1. The van der Waals surface area contributed by atoms with Crippen LogP contribution in [-0.2, 0) is 6.42 Å². The molecule has 2 aromatic rings. The van der Waals surface area contributed by atoms with Gasteiger partial charge in [0.2, 0.25) is 0 Å². The highest BCUT2D eigenvalue weighted by molar-refractivity contribution is 7.14. The monoisotopic (exact) mass is 238 g/mol. The molecule has 2 heterocycles. The lowest BCUT2D eigenvalue weighted by Gasteiger charge is -1.89. The third kappa shape index (κ3) is 2.49. The molecule has 5 heteroatoms. The minimum absolute atomic E-state index is 0.0778. The maximum atomic E-state index is 11.1. The Kier molecular flexibility index (Phi) is 2.93. The van der Waals surface area contributed by atoms with E-state index in [4.69, 9.17) is 0 Å². The van der Waals surface area contributed by atoms with Crippen molar-refractivity contribution in [1.29, 1.82) is 0 Å². The first-order valence-electron chi connectivity index (χ1n) is 4.52. The number of ketones is 1. The highest BCUT2D eigenvalue weighted by Gasteiger charge is 2.08. The molecule has 0 amide bonds. The molecule has 0 aliphatic heterocycles. The lowest BCUT2D eigenvalue weighted by molar-refractivity contribution is 0.102. The van der Waals surface area contributed by atoms with E-state index in [0.29, 0.717) is 0 Å². The van der Waals surface area contributed by atoms with Gasteiger partial charge in [-0.2, -0.15) is 0 Å². The van der Waals surface area contributed by atoms with Gasteiger partial charge in [-0.15, -0.1) is 22.7 Å². The number of nitrogens with zero attached hydrogens (tertiary/aromatic N) is 2. The molecule has 15 heavy (non-hydrogen) atoms. The quantitative estimate of drug-likeness (QED) is 0.772. The summed E-state index contributed by atoms with van der Waals surface area (Å²) < 4.78 is 0. The number of carbonyl (C=O) groups excluding carboxylic acids is 1. The molecule has 0 saturated carbocycles. The fraction of sp³-hybridized carbons (Fsp3) is 0.300. The average molecular weight is 238 g/mol. The molecule has 0 aliphatic carbocycles. The molecule has 3 nitrogen and oxygen atoms in total. The van der Waals surface area contributed by atoms with E-state index in [1.165, 1.54) is 11.3 Å². The van der Waals surface area contributed by atoms with Gasteiger partial charge in [0, 0.05) is 24.2 Å². The van der Waals surface area contributed by atoms with Crippen molar-refractivity contribution in [2.45, 2.75) is 20.3 Å². The van der Waals surface area contributed by atoms with Gasteiger partial charge >= 0.3 is 0 Å². The summed E-state index contributed by atoms with van der Waals surface area (Å²) in [5.74, 6) is 0.0778. The number of hydrogen-bond acceptors (Lipinski definition) is 5. The lowest BCUT2D eigenvalue weighted by atomic mass is 10.4. The highest BCUT2D eigenvalue weighted by Crippen LogP contribution is 2.19. The second kappa shape index (κ2) is 4.20. The molecule has 0 fully saturated rings. The SMILES string of the molecule is CC(=O)c1cnc(Cc2nc(C)cs2)s1. The molecule has 0 spiro atoms. The highest BCUT2D eigenvalue weighted by atomic mass is 32.1. The summed E-state index contributed by atoms with van der Waals surface area (Å²) in [4.78, 5) is 20.4. The van der Waals surface area contributed by atoms with E-state index in [1.54, 1.807) is 24.5 Å². The van der Waals surface area contributed by atoms with E-state index in [9.17, 15) is 4.79 Å². The van der Waals surface area contributed by atoms with Gasteiger partial charge in [-0.3, -0.25) is 4.79 Å². The molecule has 0 atom stereocenters. The van der Waals surface area contributed by atoms with Crippen LogP contribution in [0.1, 0.15) is 32.3 Å². The van der Waals surface area contributed by atoms with E-state index in [1.807, 2.05) is 12.3 Å². The van der Waals surface area contributed by atoms with Crippen molar-refractivity contribution >= 4 is 28.5 Å². The van der Waals surface area contributed by atoms with Crippen molar-refractivity contribution in [3.05, 3.63) is 32.2 Å². The van der Waals surface area contributed by atoms with Crippen LogP contribution >= 0.6 is 22.7 Å². The Labute approximate surface area is 95.8 Å². The third-order valence-corrected chi connectivity index (χ3v) is 3.93. The van der Waals surface area contributed by atoms with Crippen LogP contribution in [0.3, 0.4) is 0 Å².